The highest BCUT2D eigenvalue weighted by atomic mass is 19.1. The molecule has 0 spiro atoms. The number of hydrogen-bond donors (Lipinski definition) is 0. The molecular formula is C17H20FN3O3. The van der Waals surface area contributed by atoms with E-state index in [1.807, 2.05) is 6.92 Å². The van der Waals surface area contributed by atoms with Gasteiger partial charge in [0.05, 0.1) is 23.3 Å². The maximum Gasteiger partial charge on any atom is 0.261 e. The lowest BCUT2D eigenvalue weighted by molar-refractivity contribution is -0.135. The van der Waals surface area contributed by atoms with Crippen molar-refractivity contribution in [1.29, 1.82) is 0 Å². The van der Waals surface area contributed by atoms with Crippen LogP contribution in [0.1, 0.15) is 19.8 Å². The largest absolute Gasteiger partial charge is 0.377 e. The van der Waals surface area contributed by atoms with Crippen molar-refractivity contribution >= 4 is 16.8 Å². The van der Waals surface area contributed by atoms with Crippen LogP contribution >= 0.6 is 0 Å². The van der Waals surface area contributed by atoms with Gasteiger partial charge in [0.1, 0.15) is 12.4 Å². The zero-order valence-corrected chi connectivity index (χ0v) is 13.6. The van der Waals surface area contributed by atoms with E-state index in [-0.39, 0.29) is 23.9 Å². The van der Waals surface area contributed by atoms with E-state index in [2.05, 4.69) is 4.98 Å². The standard InChI is InChI=1S/C17H20FN3O3/c1-2-24-13-4-3-7-20(9-13)16(22)10-21-11-19-15-6-5-12(18)8-14(15)17(21)23/h5-6,8,11,13H,2-4,7,9-10H2,1H3. The molecule has 1 aliphatic rings. The monoisotopic (exact) mass is 333 g/mol. The van der Waals surface area contributed by atoms with Crippen molar-refractivity contribution in [2.24, 2.45) is 0 Å². The quantitative estimate of drug-likeness (QED) is 0.852. The molecule has 24 heavy (non-hydrogen) atoms. The van der Waals surface area contributed by atoms with Gasteiger partial charge in [-0.15, -0.1) is 0 Å². The maximum absolute atomic E-state index is 13.4. The minimum absolute atomic E-state index is 0.0493. The molecule has 2 aromatic rings. The van der Waals surface area contributed by atoms with E-state index in [4.69, 9.17) is 4.74 Å². The zero-order valence-electron chi connectivity index (χ0n) is 13.6. The Hall–Kier alpha value is -2.28. The number of aromatic nitrogens is 2. The van der Waals surface area contributed by atoms with Gasteiger partial charge in [0.15, 0.2) is 0 Å². The minimum Gasteiger partial charge on any atom is -0.377 e. The van der Waals surface area contributed by atoms with Gasteiger partial charge in [0.25, 0.3) is 5.56 Å². The first-order valence-electron chi connectivity index (χ1n) is 8.12. The SMILES string of the molecule is CCOC1CCCN(C(=O)Cn2cnc3ccc(F)cc3c2=O)C1. The molecule has 3 rings (SSSR count). The average molecular weight is 333 g/mol. The number of benzene rings is 1. The predicted molar refractivity (Wildman–Crippen MR) is 87.2 cm³/mol. The van der Waals surface area contributed by atoms with Gasteiger partial charge in [-0.3, -0.25) is 14.2 Å². The number of fused-ring (bicyclic) bond motifs is 1. The van der Waals surface area contributed by atoms with Gasteiger partial charge in [0.2, 0.25) is 5.91 Å². The summed E-state index contributed by atoms with van der Waals surface area (Å²) in [5.74, 6) is -0.653. The molecule has 0 saturated carbocycles. The third kappa shape index (κ3) is 3.46. The lowest BCUT2D eigenvalue weighted by atomic mass is 10.1. The van der Waals surface area contributed by atoms with E-state index < -0.39 is 11.4 Å². The van der Waals surface area contributed by atoms with Crippen molar-refractivity contribution in [3.8, 4) is 0 Å². The molecule has 0 aliphatic carbocycles. The summed E-state index contributed by atoms with van der Waals surface area (Å²) in [5.41, 5.74) is 0.00528. The van der Waals surface area contributed by atoms with Crippen molar-refractivity contribution in [3.05, 3.63) is 40.7 Å². The highest BCUT2D eigenvalue weighted by Gasteiger charge is 2.24. The Morgan fingerprint density at radius 2 is 2.29 bits per heavy atom. The van der Waals surface area contributed by atoms with Crippen molar-refractivity contribution in [2.75, 3.05) is 19.7 Å². The number of amides is 1. The van der Waals surface area contributed by atoms with Crippen molar-refractivity contribution in [1.82, 2.24) is 14.5 Å². The molecule has 6 nitrogen and oxygen atoms in total. The predicted octanol–water partition coefficient (Wildman–Crippen LogP) is 1.56. The fourth-order valence-corrected chi connectivity index (χ4v) is 3.03. The van der Waals surface area contributed by atoms with Gasteiger partial charge < -0.3 is 9.64 Å². The molecule has 2 heterocycles. The second kappa shape index (κ2) is 7.09. The molecule has 128 valence electrons. The number of piperidine rings is 1. The van der Waals surface area contributed by atoms with Crippen LogP contribution in [0.4, 0.5) is 4.39 Å². The van der Waals surface area contributed by atoms with Gasteiger partial charge in [-0.25, -0.2) is 9.37 Å². The summed E-state index contributed by atoms with van der Waals surface area (Å²) in [7, 11) is 0. The molecule has 1 aromatic carbocycles. The van der Waals surface area contributed by atoms with Crippen LogP contribution in [0.15, 0.2) is 29.3 Å². The first-order chi connectivity index (χ1) is 11.6. The number of carbonyl (C=O) groups is 1. The van der Waals surface area contributed by atoms with Crippen molar-refractivity contribution in [3.63, 3.8) is 0 Å². The summed E-state index contributed by atoms with van der Waals surface area (Å²) in [6, 6.07) is 3.86. The zero-order chi connectivity index (χ0) is 17.1. The molecule has 0 N–H and O–H groups in total. The molecule has 1 atom stereocenters. The van der Waals surface area contributed by atoms with Crippen LogP contribution in [-0.2, 0) is 16.1 Å². The third-order valence-corrected chi connectivity index (χ3v) is 4.22. The maximum atomic E-state index is 13.4. The molecule has 7 heteroatoms. The second-order valence-corrected chi connectivity index (χ2v) is 5.90. The lowest BCUT2D eigenvalue weighted by Crippen LogP contribution is -2.45. The lowest BCUT2D eigenvalue weighted by Gasteiger charge is -2.32. The van der Waals surface area contributed by atoms with E-state index in [1.54, 1.807) is 4.90 Å². The van der Waals surface area contributed by atoms with Crippen LogP contribution in [0, 0.1) is 5.82 Å². The smallest absolute Gasteiger partial charge is 0.261 e. The van der Waals surface area contributed by atoms with Crippen LogP contribution in [-0.4, -0.2) is 46.2 Å². The molecule has 1 saturated heterocycles. The summed E-state index contributed by atoms with van der Waals surface area (Å²) in [5, 5.41) is 0.177. The van der Waals surface area contributed by atoms with Crippen molar-refractivity contribution in [2.45, 2.75) is 32.4 Å². The molecular weight excluding hydrogens is 313 g/mol. The second-order valence-electron chi connectivity index (χ2n) is 5.90. The van der Waals surface area contributed by atoms with Crippen LogP contribution in [0.3, 0.4) is 0 Å². The van der Waals surface area contributed by atoms with Crippen LogP contribution < -0.4 is 5.56 Å². The molecule has 1 unspecified atom stereocenters. The van der Waals surface area contributed by atoms with Gasteiger partial charge in [0, 0.05) is 19.7 Å². The highest BCUT2D eigenvalue weighted by molar-refractivity contribution is 5.79. The van der Waals surface area contributed by atoms with E-state index in [1.165, 1.54) is 23.0 Å². The summed E-state index contributed by atoms with van der Waals surface area (Å²) in [6.07, 6.45) is 3.21. The Bertz CT molecular complexity index is 803. The number of likely N-dealkylation sites (tertiary alicyclic amines) is 1. The van der Waals surface area contributed by atoms with Gasteiger partial charge in [-0.2, -0.15) is 0 Å². The van der Waals surface area contributed by atoms with Crippen LogP contribution in [0.25, 0.3) is 10.9 Å². The molecule has 1 aliphatic heterocycles. The number of carbonyl (C=O) groups excluding carboxylic acids is 1. The first-order valence-corrected chi connectivity index (χ1v) is 8.12. The van der Waals surface area contributed by atoms with Gasteiger partial charge in [-0.1, -0.05) is 0 Å². The summed E-state index contributed by atoms with van der Waals surface area (Å²) in [6.45, 7) is 3.65. The summed E-state index contributed by atoms with van der Waals surface area (Å²) < 4.78 is 20.2. The number of nitrogens with zero attached hydrogens (tertiary/aromatic N) is 3. The number of rotatable bonds is 4. The highest BCUT2D eigenvalue weighted by Crippen LogP contribution is 2.14. The molecule has 1 amide bonds. The van der Waals surface area contributed by atoms with E-state index >= 15 is 0 Å². The fourth-order valence-electron chi connectivity index (χ4n) is 3.03. The van der Waals surface area contributed by atoms with Gasteiger partial charge >= 0.3 is 0 Å². The van der Waals surface area contributed by atoms with Gasteiger partial charge in [-0.05, 0) is 38.0 Å². The summed E-state index contributed by atoms with van der Waals surface area (Å²) >= 11 is 0. The van der Waals surface area contributed by atoms with E-state index in [0.717, 1.165) is 18.9 Å². The van der Waals surface area contributed by atoms with E-state index in [9.17, 15) is 14.0 Å². The Balaban J connectivity index is 1.78. The molecule has 0 bridgehead atoms. The first kappa shape index (κ1) is 16.6. The number of ether oxygens (including phenoxy) is 1. The van der Waals surface area contributed by atoms with Crippen LogP contribution in [0.2, 0.25) is 0 Å². The molecule has 0 radical (unpaired) electrons. The Labute approximate surface area is 138 Å². The number of hydrogen-bond acceptors (Lipinski definition) is 4. The van der Waals surface area contributed by atoms with E-state index in [0.29, 0.717) is 25.2 Å². The Kier molecular flexibility index (Phi) is 4.89. The normalized spacial score (nSPS) is 18.1. The van der Waals surface area contributed by atoms with Crippen molar-refractivity contribution < 1.29 is 13.9 Å². The minimum atomic E-state index is -0.499. The molecule has 1 aromatic heterocycles. The molecule has 1 fully saturated rings. The Morgan fingerprint density at radius 1 is 1.46 bits per heavy atom. The average Bonchev–Trinajstić information content (AvgIpc) is 2.58. The third-order valence-electron chi connectivity index (χ3n) is 4.22. The number of halogens is 1. The van der Waals surface area contributed by atoms with Crippen LogP contribution in [0.5, 0.6) is 0 Å². The Morgan fingerprint density at radius 3 is 3.08 bits per heavy atom. The topological polar surface area (TPSA) is 64.4 Å². The summed E-state index contributed by atoms with van der Waals surface area (Å²) in [4.78, 5) is 30.7. The fraction of sp³-hybridized carbons (Fsp3) is 0.471.